The highest BCUT2D eigenvalue weighted by molar-refractivity contribution is 5.95. The molecule has 0 unspecified atom stereocenters. The number of rotatable bonds is 8. The van der Waals surface area contributed by atoms with Crippen LogP contribution < -0.4 is 10.6 Å². The lowest BCUT2D eigenvalue weighted by molar-refractivity contribution is -0.122. The van der Waals surface area contributed by atoms with Gasteiger partial charge in [0.05, 0.1) is 24.4 Å². The van der Waals surface area contributed by atoms with E-state index in [0.29, 0.717) is 18.8 Å². The molecule has 1 fully saturated rings. The van der Waals surface area contributed by atoms with Crippen molar-refractivity contribution in [3.63, 3.8) is 0 Å². The molecule has 7 heteroatoms. The zero-order valence-corrected chi connectivity index (χ0v) is 15.6. The minimum atomic E-state index is -0.148. The summed E-state index contributed by atoms with van der Waals surface area (Å²) in [4.78, 5) is 24.3. The van der Waals surface area contributed by atoms with Gasteiger partial charge in [-0.05, 0) is 25.2 Å². The van der Waals surface area contributed by atoms with Crippen LogP contribution in [0.5, 0.6) is 0 Å². The van der Waals surface area contributed by atoms with Gasteiger partial charge in [-0.1, -0.05) is 25.5 Å². The predicted octanol–water partition coefficient (Wildman–Crippen LogP) is 1.82. The zero-order valence-electron chi connectivity index (χ0n) is 15.6. The molecule has 1 heterocycles. The summed E-state index contributed by atoms with van der Waals surface area (Å²) in [6, 6.07) is 0. The first-order valence-corrected chi connectivity index (χ1v) is 8.49. The summed E-state index contributed by atoms with van der Waals surface area (Å²) in [5.74, 6) is 0.0729. The number of allylic oxidation sites excluding steroid dienone is 2. The highest BCUT2D eigenvalue weighted by Gasteiger charge is 2.60. The third-order valence-electron chi connectivity index (χ3n) is 4.54. The van der Waals surface area contributed by atoms with Gasteiger partial charge in [0, 0.05) is 19.9 Å². The van der Waals surface area contributed by atoms with E-state index >= 15 is 0 Å². The minimum Gasteiger partial charge on any atom is -0.383 e. The number of nitrogens with zero attached hydrogens (tertiary/aromatic N) is 2. The van der Waals surface area contributed by atoms with E-state index in [9.17, 15) is 9.59 Å². The van der Waals surface area contributed by atoms with E-state index in [1.54, 1.807) is 19.5 Å². The molecule has 2 atom stereocenters. The van der Waals surface area contributed by atoms with Crippen LogP contribution in [-0.4, -0.2) is 41.9 Å². The number of carbonyl (C=O) groups is 2. The Bertz CT molecular complexity index is 659. The Morgan fingerprint density at radius 3 is 2.76 bits per heavy atom. The van der Waals surface area contributed by atoms with Crippen molar-refractivity contribution in [1.82, 2.24) is 15.1 Å². The number of hydrogen-bond acceptors (Lipinski definition) is 4. The van der Waals surface area contributed by atoms with Crippen LogP contribution in [0.4, 0.5) is 5.69 Å². The van der Waals surface area contributed by atoms with Gasteiger partial charge in [-0.3, -0.25) is 14.3 Å². The van der Waals surface area contributed by atoms with Gasteiger partial charge in [-0.25, -0.2) is 0 Å². The molecule has 1 aromatic heterocycles. The van der Waals surface area contributed by atoms with Crippen LogP contribution in [-0.2, 0) is 20.9 Å². The van der Waals surface area contributed by atoms with E-state index < -0.39 is 0 Å². The molecular formula is C18H28N4O3. The highest BCUT2D eigenvalue weighted by Crippen LogP contribution is 2.59. The van der Waals surface area contributed by atoms with Gasteiger partial charge < -0.3 is 15.4 Å². The molecule has 0 aromatic carbocycles. The van der Waals surface area contributed by atoms with Crippen molar-refractivity contribution in [1.29, 1.82) is 0 Å². The molecule has 0 saturated heterocycles. The van der Waals surface area contributed by atoms with E-state index in [2.05, 4.69) is 35.7 Å². The first-order valence-electron chi connectivity index (χ1n) is 8.49. The molecule has 2 amide bonds. The van der Waals surface area contributed by atoms with Gasteiger partial charge in [0.15, 0.2) is 0 Å². The van der Waals surface area contributed by atoms with Gasteiger partial charge in [-0.15, -0.1) is 0 Å². The van der Waals surface area contributed by atoms with Crippen molar-refractivity contribution in [2.75, 3.05) is 25.6 Å². The van der Waals surface area contributed by atoms with Gasteiger partial charge in [0.2, 0.25) is 11.8 Å². The second-order valence-corrected chi connectivity index (χ2v) is 7.33. The van der Waals surface area contributed by atoms with Crippen molar-refractivity contribution in [2.45, 2.75) is 34.2 Å². The monoisotopic (exact) mass is 348 g/mol. The fourth-order valence-electron chi connectivity index (χ4n) is 3.08. The molecule has 2 rings (SSSR count). The summed E-state index contributed by atoms with van der Waals surface area (Å²) in [5, 5.41) is 9.75. The number of carbonyl (C=O) groups excluding carboxylic acids is 2. The summed E-state index contributed by atoms with van der Waals surface area (Å²) in [6.45, 7) is 9.34. The Morgan fingerprint density at radius 1 is 1.40 bits per heavy atom. The molecule has 1 saturated carbocycles. The van der Waals surface area contributed by atoms with Crippen molar-refractivity contribution < 1.29 is 14.3 Å². The maximum absolute atomic E-state index is 12.5. The first kappa shape index (κ1) is 19.2. The van der Waals surface area contributed by atoms with Crippen molar-refractivity contribution in [3.8, 4) is 0 Å². The molecule has 138 valence electrons. The number of nitrogens with one attached hydrogen (secondary N) is 2. The minimum absolute atomic E-state index is 0.00315. The number of methoxy groups -OCH3 is 1. The highest BCUT2D eigenvalue weighted by atomic mass is 16.5. The fourth-order valence-corrected chi connectivity index (χ4v) is 3.08. The summed E-state index contributed by atoms with van der Waals surface area (Å²) in [5.41, 5.74) is 1.80. The SMILES string of the molecule is COCCNC(=O)Cn1cc(NC(=O)[C@@H]2[C@@H](C=C(C)C)C2(C)C)cn1. The average Bonchev–Trinajstić information content (AvgIpc) is 2.82. The maximum atomic E-state index is 12.5. The quantitative estimate of drug-likeness (QED) is 0.554. The van der Waals surface area contributed by atoms with Crippen LogP contribution in [0.3, 0.4) is 0 Å². The largest absolute Gasteiger partial charge is 0.383 e. The van der Waals surface area contributed by atoms with Gasteiger partial charge >= 0.3 is 0 Å². The molecule has 25 heavy (non-hydrogen) atoms. The summed E-state index contributed by atoms with van der Waals surface area (Å²) in [7, 11) is 1.58. The van der Waals surface area contributed by atoms with Crippen LogP contribution in [0.25, 0.3) is 0 Å². The molecule has 0 bridgehead atoms. The lowest BCUT2D eigenvalue weighted by atomic mass is 10.1. The second-order valence-electron chi connectivity index (χ2n) is 7.33. The van der Waals surface area contributed by atoms with Gasteiger partial charge in [-0.2, -0.15) is 5.10 Å². The third kappa shape index (κ3) is 4.92. The van der Waals surface area contributed by atoms with Crippen LogP contribution in [0, 0.1) is 17.3 Å². The Labute approximate surface area is 148 Å². The summed E-state index contributed by atoms with van der Waals surface area (Å²) < 4.78 is 6.38. The topological polar surface area (TPSA) is 85.2 Å². The van der Waals surface area contributed by atoms with E-state index in [1.165, 1.54) is 10.3 Å². The van der Waals surface area contributed by atoms with Gasteiger partial charge in [0.25, 0.3) is 0 Å². The smallest absolute Gasteiger partial charge is 0.241 e. The molecule has 1 aliphatic rings. The van der Waals surface area contributed by atoms with Gasteiger partial charge in [0.1, 0.15) is 6.54 Å². The number of aromatic nitrogens is 2. The van der Waals surface area contributed by atoms with E-state index in [-0.39, 0.29) is 35.6 Å². The van der Waals surface area contributed by atoms with Crippen LogP contribution in [0.15, 0.2) is 24.0 Å². The normalized spacial score (nSPS) is 20.7. The molecule has 1 aliphatic carbocycles. The third-order valence-corrected chi connectivity index (χ3v) is 4.54. The molecule has 2 N–H and O–H groups in total. The Kier molecular flexibility index (Phi) is 6.00. The van der Waals surface area contributed by atoms with Crippen LogP contribution in [0.2, 0.25) is 0 Å². The van der Waals surface area contributed by atoms with E-state index in [0.717, 1.165) is 0 Å². The van der Waals surface area contributed by atoms with Crippen molar-refractivity contribution >= 4 is 17.5 Å². The summed E-state index contributed by atoms with van der Waals surface area (Å²) in [6.07, 6.45) is 5.39. The molecule has 1 aromatic rings. The van der Waals surface area contributed by atoms with Crippen LogP contribution in [0.1, 0.15) is 27.7 Å². The maximum Gasteiger partial charge on any atom is 0.241 e. The molecular weight excluding hydrogens is 320 g/mol. The zero-order chi connectivity index (χ0) is 18.6. The lowest BCUT2D eigenvalue weighted by Crippen LogP contribution is -2.30. The van der Waals surface area contributed by atoms with Crippen LogP contribution >= 0.6 is 0 Å². The van der Waals surface area contributed by atoms with Crippen molar-refractivity contribution in [2.24, 2.45) is 17.3 Å². The number of ether oxygens (including phenoxy) is 1. The predicted molar refractivity (Wildman–Crippen MR) is 95.9 cm³/mol. The second kappa shape index (κ2) is 7.82. The number of hydrogen-bond donors (Lipinski definition) is 2. The Hall–Kier alpha value is -2.15. The molecule has 0 spiro atoms. The Balaban J connectivity index is 1.88. The first-order chi connectivity index (χ1) is 11.8. The molecule has 0 radical (unpaired) electrons. The Morgan fingerprint density at radius 2 is 2.12 bits per heavy atom. The average molecular weight is 348 g/mol. The number of anilines is 1. The molecule has 0 aliphatic heterocycles. The van der Waals surface area contributed by atoms with E-state index in [1.807, 2.05) is 13.8 Å². The van der Waals surface area contributed by atoms with E-state index in [4.69, 9.17) is 4.74 Å². The molecule has 7 nitrogen and oxygen atoms in total. The lowest BCUT2D eigenvalue weighted by Gasteiger charge is -2.05. The summed E-state index contributed by atoms with van der Waals surface area (Å²) >= 11 is 0. The standard InChI is InChI=1S/C18H28N4O3/c1-12(2)8-14-16(18(14,3)4)17(24)21-13-9-20-22(10-13)11-15(23)19-6-7-25-5/h8-10,14,16H,6-7,11H2,1-5H3,(H,19,23)(H,21,24)/t14-,16+/m1/s1. The fraction of sp³-hybridized carbons (Fsp3) is 0.611. The van der Waals surface area contributed by atoms with Crippen molar-refractivity contribution in [3.05, 3.63) is 24.0 Å². The number of amides is 2.